The van der Waals surface area contributed by atoms with Gasteiger partial charge >= 0.3 is 6.03 Å². The Balaban J connectivity index is 1.78. The molecule has 1 spiro atoms. The molecule has 0 aromatic rings. The largest absolute Gasteiger partial charge is 0.336 e. The summed E-state index contributed by atoms with van der Waals surface area (Å²) in [5, 5.41) is 9.80. The van der Waals surface area contributed by atoms with Gasteiger partial charge in [-0.2, -0.15) is 0 Å². The molecule has 2 fully saturated rings. The fourth-order valence-corrected chi connectivity index (χ4v) is 3.92. The first-order valence-corrected chi connectivity index (χ1v) is 8.02. The third kappa shape index (κ3) is 2.77. The van der Waals surface area contributed by atoms with Crippen LogP contribution < -0.4 is 16.0 Å². The predicted octanol–water partition coefficient (Wildman–Crippen LogP) is 2.40. The number of nitrogens with one attached hydrogen (secondary N) is 3. The van der Waals surface area contributed by atoms with E-state index in [9.17, 15) is 4.79 Å². The number of urea groups is 1. The van der Waals surface area contributed by atoms with Crippen molar-refractivity contribution >= 4 is 6.03 Å². The molecule has 0 atom stereocenters. The van der Waals surface area contributed by atoms with Crippen molar-refractivity contribution in [3.63, 3.8) is 0 Å². The van der Waals surface area contributed by atoms with E-state index in [-0.39, 0.29) is 17.1 Å². The van der Waals surface area contributed by atoms with E-state index in [1.165, 1.54) is 5.57 Å². The van der Waals surface area contributed by atoms with Crippen LogP contribution in [0.2, 0.25) is 0 Å². The maximum atomic E-state index is 11.5. The second-order valence-corrected chi connectivity index (χ2v) is 6.41. The van der Waals surface area contributed by atoms with Gasteiger partial charge in [0, 0.05) is 12.1 Å². The number of likely N-dealkylation sites (N-methyl/N-ethyl adjacent to an activating group) is 1. The highest BCUT2D eigenvalue weighted by molar-refractivity contribution is 5.77. The first-order valence-electron chi connectivity index (χ1n) is 8.02. The second kappa shape index (κ2) is 5.68. The van der Waals surface area contributed by atoms with Crippen LogP contribution in [0.15, 0.2) is 36.0 Å². The van der Waals surface area contributed by atoms with E-state index in [4.69, 9.17) is 0 Å². The van der Waals surface area contributed by atoms with E-state index in [1.807, 2.05) is 0 Å². The van der Waals surface area contributed by atoms with Crippen LogP contribution in [0, 0.1) is 0 Å². The van der Waals surface area contributed by atoms with E-state index in [1.54, 1.807) is 0 Å². The first-order chi connectivity index (χ1) is 10.2. The maximum Gasteiger partial charge on any atom is 0.315 e. The summed E-state index contributed by atoms with van der Waals surface area (Å²) in [6.45, 7) is 3.92. The Hall–Kier alpha value is -1.55. The predicted molar refractivity (Wildman–Crippen MR) is 85.1 cm³/mol. The third-order valence-electron chi connectivity index (χ3n) is 5.15. The van der Waals surface area contributed by atoms with Crippen molar-refractivity contribution in [2.75, 3.05) is 13.1 Å². The molecule has 3 N–H and O–H groups in total. The molecule has 0 aromatic heterocycles. The summed E-state index contributed by atoms with van der Waals surface area (Å²) in [6.07, 6.45) is 16.1. The minimum atomic E-state index is -0.0209. The SMILES string of the molecule is CCN[C@]1(C2=CC=CC=CC2)CC[C@@]2(CC1)CNC(=O)N2. The van der Waals surface area contributed by atoms with Crippen molar-refractivity contribution in [1.29, 1.82) is 0 Å². The summed E-state index contributed by atoms with van der Waals surface area (Å²) in [7, 11) is 0. The molecule has 1 saturated carbocycles. The fourth-order valence-electron chi connectivity index (χ4n) is 3.92. The summed E-state index contributed by atoms with van der Waals surface area (Å²) >= 11 is 0. The van der Waals surface area contributed by atoms with Crippen molar-refractivity contribution in [2.45, 2.75) is 50.1 Å². The van der Waals surface area contributed by atoms with E-state index >= 15 is 0 Å². The molecule has 4 nitrogen and oxygen atoms in total. The molecule has 114 valence electrons. The molecule has 0 radical (unpaired) electrons. The van der Waals surface area contributed by atoms with Crippen molar-refractivity contribution in [2.24, 2.45) is 0 Å². The van der Waals surface area contributed by atoms with Crippen molar-refractivity contribution in [1.82, 2.24) is 16.0 Å². The van der Waals surface area contributed by atoms with Crippen LogP contribution in [0.5, 0.6) is 0 Å². The Labute approximate surface area is 126 Å². The van der Waals surface area contributed by atoms with Gasteiger partial charge in [-0.05, 0) is 44.2 Å². The smallest absolute Gasteiger partial charge is 0.315 e. The lowest BCUT2D eigenvalue weighted by atomic mass is 9.68. The Morgan fingerprint density at radius 2 is 2.00 bits per heavy atom. The molecule has 1 saturated heterocycles. The molecule has 3 aliphatic rings. The minimum absolute atomic E-state index is 0.00880. The lowest BCUT2D eigenvalue weighted by Gasteiger charge is -2.46. The van der Waals surface area contributed by atoms with Crippen LogP contribution in [-0.2, 0) is 0 Å². The van der Waals surface area contributed by atoms with E-state index in [0.717, 1.165) is 45.2 Å². The molecule has 0 bridgehead atoms. The van der Waals surface area contributed by atoms with Crippen LogP contribution in [0.25, 0.3) is 0 Å². The van der Waals surface area contributed by atoms with E-state index in [2.05, 4.69) is 53.3 Å². The average Bonchev–Trinajstić information content (AvgIpc) is 2.70. The van der Waals surface area contributed by atoms with E-state index < -0.39 is 0 Å². The van der Waals surface area contributed by atoms with Crippen LogP contribution in [0.4, 0.5) is 4.79 Å². The topological polar surface area (TPSA) is 53.2 Å². The Morgan fingerprint density at radius 1 is 1.19 bits per heavy atom. The highest BCUT2D eigenvalue weighted by atomic mass is 16.2. The average molecular weight is 287 g/mol. The standard InChI is InChI=1S/C17H25N3O/c1-2-19-17(14-7-5-3-4-6-8-14)11-9-16(10-12-17)13-18-15(21)20-16/h3-7,19H,2,8-13H2,1H3,(H2,18,20,21)/t16-,17-. The number of carbonyl (C=O) groups is 1. The number of carbonyl (C=O) groups excluding carboxylic acids is 1. The quantitative estimate of drug-likeness (QED) is 0.746. The third-order valence-corrected chi connectivity index (χ3v) is 5.15. The zero-order valence-electron chi connectivity index (χ0n) is 12.7. The lowest BCUT2D eigenvalue weighted by Crippen LogP contribution is -2.56. The van der Waals surface area contributed by atoms with Crippen LogP contribution >= 0.6 is 0 Å². The number of amides is 2. The Bertz CT molecular complexity index is 496. The number of allylic oxidation sites excluding steroid dienone is 5. The molecular weight excluding hydrogens is 262 g/mol. The van der Waals surface area contributed by atoms with Crippen LogP contribution in [0.1, 0.15) is 39.0 Å². The van der Waals surface area contributed by atoms with Crippen molar-refractivity contribution in [3.05, 3.63) is 36.0 Å². The number of rotatable bonds is 3. The van der Waals surface area contributed by atoms with Crippen LogP contribution in [0.3, 0.4) is 0 Å². The number of hydrogen-bond donors (Lipinski definition) is 3. The zero-order valence-corrected chi connectivity index (χ0v) is 12.7. The summed E-state index contributed by atoms with van der Waals surface area (Å²) < 4.78 is 0. The van der Waals surface area contributed by atoms with Gasteiger partial charge in [0.2, 0.25) is 0 Å². The molecule has 1 heterocycles. The monoisotopic (exact) mass is 287 g/mol. The maximum absolute atomic E-state index is 11.5. The zero-order chi connectivity index (χ0) is 14.8. The molecule has 0 aromatic carbocycles. The van der Waals surface area contributed by atoms with Gasteiger partial charge in [-0.25, -0.2) is 4.79 Å². The van der Waals surface area contributed by atoms with Gasteiger partial charge in [0.25, 0.3) is 0 Å². The Morgan fingerprint density at radius 3 is 2.67 bits per heavy atom. The van der Waals surface area contributed by atoms with E-state index in [0.29, 0.717) is 0 Å². The van der Waals surface area contributed by atoms with Crippen molar-refractivity contribution < 1.29 is 4.79 Å². The van der Waals surface area contributed by atoms with Gasteiger partial charge in [-0.1, -0.05) is 37.3 Å². The molecular formula is C17H25N3O. The molecule has 2 aliphatic carbocycles. The van der Waals surface area contributed by atoms with Crippen LogP contribution in [-0.4, -0.2) is 30.2 Å². The highest BCUT2D eigenvalue weighted by Gasteiger charge is 2.46. The minimum Gasteiger partial charge on any atom is -0.336 e. The molecule has 1 aliphatic heterocycles. The summed E-state index contributed by atoms with van der Waals surface area (Å²) in [6, 6.07) is -0.00880. The summed E-state index contributed by atoms with van der Waals surface area (Å²) in [4.78, 5) is 11.5. The summed E-state index contributed by atoms with van der Waals surface area (Å²) in [5.41, 5.74) is 1.54. The second-order valence-electron chi connectivity index (χ2n) is 6.41. The van der Waals surface area contributed by atoms with Gasteiger partial charge in [0.05, 0.1) is 5.54 Å². The normalized spacial score (nSPS) is 35.3. The molecule has 3 rings (SSSR count). The van der Waals surface area contributed by atoms with Gasteiger partial charge in [0.1, 0.15) is 0 Å². The lowest BCUT2D eigenvalue weighted by molar-refractivity contribution is 0.183. The summed E-state index contributed by atoms with van der Waals surface area (Å²) in [5.74, 6) is 0. The van der Waals surface area contributed by atoms with Gasteiger partial charge in [-0.15, -0.1) is 0 Å². The molecule has 0 unspecified atom stereocenters. The van der Waals surface area contributed by atoms with Crippen molar-refractivity contribution in [3.8, 4) is 0 Å². The fraction of sp³-hybridized carbons (Fsp3) is 0.588. The highest BCUT2D eigenvalue weighted by Crippen LogP contribution is 2.41. The first kappa shape index (κ1) is 14.4. The molecule has 21 heavy (non-hydrogen) atoms. The van der Waals surface area contributed by atoms with Gasteiger partial charge in [-0.3, -0.25) is 0 Å². The van der Waals surface area contributed by atoms with Gasteiger partial charge < -0.3 is 16.0 Å². The Kier molecular flexibility index (Phi) is 3.89. The van der Waals surface area contributed by atoms with Gasteiger partial charge in [0.15, 0.2) is 0 Å². The molecule has 4 heteroatoms. The molecule has 2 amide bonds. The number of hydrogen-bond acceptors (Lipinski definition) is 2.